The largest absolute Gasteiger partial charge is 0.480 e. The van der Waals surface area contributed by atoms with E-state index in [1.807, 2.05) is 0 Å². The zero-order valence-corrected chi connectivity index (χ0v) is 13.8. The second kappa shape index (κ2) is 6.41. The highest BCUT2D eigenvalue weighted by Crippen LogP contribution is 2.29. The predicted molar refractivity (Wildman–Crippen MR) is 80.3 cm³/mol. The third kappa shape index (κ3) is 3.81. The van der Waals surface area contributed by atoms with Crippen LogP contribution >= 0.6 is 15.9 Å². The number of halogens is 1. The number of aromatic nitrogens is 1. The van der Waals surface area contributed by atoms with Crippen LogP contribution in [0.25, 0.3) is 0 Å². The smallest absolute Gasteiger partial charge is 0.324 e. The molecule has 1 aromatic rings. The molecule has 1 saturated carbocycles. The molecule has 0 atom stereocenters. The number of rotatable bonds is 4. The molecule has 21 heavy (non-hydrogen) atoms. The van der Waals surface area contributed by atoms with Gasteiger partial charge in [-0.3, -0.25) is 9.78 Å². The van der Waals surface area contributed by atoms with Gasteiger partial charge in [0.05, 0.1) is 0 Å². The Balaban J connectivity index is 2.33. The first-order valence-electron chi connectivity index (χ1n) is 6.74. The molecule has 0 unspecified atom stereocenters. The zero-order chi connectivity index (χ0) is 15.5. The molecular weight excluding hydrogens is 360 g/mol. The first-order valence-corrected chi connectivity index (χ1v) is 9.01. The Morgan fingerprint density at radius 1 is 1.24 bits per heavy atom. The number of carboxylic acids is 1. The lowest BCUT2D eigenvalue weighted by Gasteiger charge is -2.28. The molecule has 1 heterocycles. The number of sulfonamides is 1. The van der Waals surface area contributed by atoms with Crippen molar-refractivity contribution in [3.63, 3.8) is 0 Å². The van der Waals surface area contributed by atoms with Gasteiger partial charge in [0, 0.05) is 16.9 Å². The SMILES string of the molecule is O=C(O)C1(NS(=O)(=O)c2cncc(Br)c2)CCCCCC1. The third-order valence-corrected chi connectivity index (χ3v) is 5.62. The average molecular weight is 377 g/mol. The van der Waals surface area contributed by atoms with E-state index in [0.717, 1.165) is 12.8 Å². The summed E-state index contributed by atoms with van der Waals surface area (Å²) >= 11 is 3.16. The molecule has 6 nitrogen and oxygen atoms in total. The van der Waals surface area contributed by atoms with Gasteiger partial charge in [-0.25, -0.2) is 8.42 Å². The van der Waals surface area contributed by atoms with E-state index in [9.17, 15) is 18.3 Å². The molecule has 0 spiro atoms. The lowest BCUT2D eigenvalue weighted by molar-refractivity contribution is -0.144. The Morgan fingerprint density at radius 3 is 2.38 bits per heavy atom. The summed E-state index contributed by atoms with van der Waals surface area (Å²) in [5.41, 5.74) is -1.42. The lowest BCUT2D eigenvalue weighted by atomic mass is 9.92. The summed E-state index contributed by atoms with van der Waals surface area (Å²) in [6, 6.07) is 1.40. The van der Waals surface area contributed by atoms with Crippen molar-refractivity contribution in [3.05, 3.63) is 22.9 Å². The number of nitrogens with one attached hydrogen (secondary N) is 1. The van der Waals surface area contributed by atoms with Crippen molar-refractivity contribution in [3.8, 4) is 0 Å². The Morgan fingerprint density at radius 2 is 1.86 bits per heavy atom. The fourth-order valence-electron chi connectivity index (χ4n) is 2.55. The van der Waals surface area contributed by atoms with E-state index >= 15 is 0 Å². The molecule has 0 aliphatic heterocycles. The van der Waals surface area contributed by atoms with Gasteiger partial charge in [-0.05, 0) is 34.8 Å². The second-order valence-corrected chi connectivity index (χ2v) is 7.84. The van der Waals surface area contributed by atoms with E-state index in [-0.39, 0.29) is 4.90 Å². The van der Waals surface area contributed by atoms with E-state index in [0.29, 0.717) is 30.2 Å². The number of pyridine rings is 1. The van der Waals surface area contributed by atoms with Crippen molar-refractivity contribution in [2.75, 3.05) is 0 Å². The summed E-state index contributed by atoms with van der Waals surface area (Å²) in [4.78, 5) is 15.4. The minimum atomic E-state index is -3.93. The number of hydrogen-bond donors (Lipinski definition) is 2. The molecule has 2 N–H and O–H groups in total. The summed E-state index contributed by atoms with van der Waals surface area (Å²) < 4.78 is 27.8. The maximum atomic E-state index is 12.4. The Hall–Kier alpha value is -0.990. The summed E-state index contributed by atoms with van der Waals surface area (Å²) in [5, 5.41) is 9.53. The maximum absolute atomic E-state index is 12.4. The van der Waals surface area contributed by atoms with Crippen molar-refractivity contribution in [1.82, 2.24) is 9.71 Å². The molecule has 0 amide bonds. The van der Waals surface area contributed by atoms with Gasteiger partial charge in [0.2, 0.25) is 10.0 Å². The van der Waals surface area contributed by atoms with Crippen LogP contribution in [0.2, 0.25) is 0 Å². The lowest BCUT2D eigenvalue weighted by Crippen LogP contribution is -2.54. The molecule has 0 bridgehead atoms. The van der Waals surface area contributed by atoms with Crippen LogP contribution < -0.4 is 4.72 Å². The molecule has 1 aliphatic rings. The van der Waals surface area contributed by atoms with Crippen molar-refractivity contribution in [2.45, 2.75) is 49.0 Å². The molecule has 116 valence electrons. The molecule has 8 heteroatoms. The number of carboxylic acid groups (broad SMARTS) is 1. The summed E-state index contributed by atoms with van der Waals surface area (Å²) in [7, 11) is -3.93. The fourth-order valence-corrected chi connectivity index (χ4v) is 4.47. The van der Waals surface area contributed by atoms with Crippen LogP contribution in [0.15, 0.2) is 27.8 Å². The highest BCUT2D eigenvalue weighted by molar-refractivity contribution is 9.10. The first-order chi connectivity index (χ1) is 9.86. The van der Waals surface area contributed by atoms with Gasteiger partial charge in [-0.2, -0.15) is 4.72 Å². The van der Waals surface area contributed by atoms with Gasteiger partial charge < -0.3 is 5.11 Å². The summed E-state index contributed by atoms with van der Waals surface area (Å²) in [5.74, 6) is -1.11. The van der Waals surface area contributed by atoms with Gasteiger partial charge in [0.1, 0.15) is 10.4 Å². The molecule has 1 aromatic heterocycles. The van der Waals surface area contributed by atoms with E-state index in [1.54, 1.807) is 0 Å². The average Bonchev–Trinajstić information content (AvgIpc) is 2.65. The van der Waals surface area contributed by atoms with Gasteiger partial charge >= 0.3 is 5.97 Å². The van der Waals surface area contributed by atoms with Gasteiger partial charge in [-0.15, -0.1) is 0 Å². The fraction of sp³-hybridized carbons (Fsp3) is 0.538. The van der Waals surface area contributed by atoms with Crippen LogP contribution in [0, 0.1) is 0 Å². The predicted octanol–water partition coefficient (Wildman–Crippen LogP) is 2.30. The van der Waals surface area contributed by atoms with Crippen LogP contribution in [-0.2, 0) is 14.8 Å². The van der Waals surface area contributed by atoms with E-state index < -0.39 is 21.5 Å². The van der Waals surface area contributed by atoms with Gasteiger partial charge in [0.25, 0.3) is 0 Å². The normalized spacial score (nSPS) is 18.9. The molecule has 0 aromatic carbocycles. The van der Waals surface area contributed by atoms with Crippen LogP contribution in [0.3, 0.4) is 0 Å². The van der Waals surface area contributed by atoms with E-state index in [1.165, 1.54) is 18.5 Å². The summed E-state index contributed by atoms with van der Waals surface area (Å²) in [6.45, 7) is 0. The molecule has 0 saturated heterocycles. The number of aliphatic carboxylic acids is 1. The zero-order valence-electron chi connectivity index (χ0n) is 11.4. The quantitative estimate of drug-likeness (QED) is 0.785. The first kappa shape index (κ1) is 16.4. The van der Waals surface area contributed by atoms with Crippen LogP contribution in [0.1, 0.15) is 38.5 Å². The molecular formula is C13H17BrN2O4S. The molecule has 1 fully saturated rings. The van der Waals surface area contributed by atoms with Crippen LogP contribution in [0.5, 0.6) is 0 Å². The van der Waals surface area contributed by atoms with Crippen molar-refractivity contribution in [2.24, 2.45) is 0 Å². The van der Waals surface area contributed by atoms with Crippen molar-refractivity contribution < 1.29 is 18.3 Å². The minimum absolute atomic E-state index is 0.0400. The number of nitrogens with zero attached hydrogens (tertiary/aromatic N) is 1. The second-order valence-electron chi connectivity index (χ2n) is 5.25. The number of hydrogen-bond acceptors (Lipinski definition) is 4. The Labute approximate surface area is 132 Å². The van der Waals surface area contributed by atoms with Crippen molar-refractivity contribution in [1.29, 1.82) is 0 Å². The van der Waals surface area contributed by atoms with Gasteiger partial charge in [0.15, 0.2) is 0 Å². The van der Waals surface area contributed by atoms with Crippen LogP contribution in [-0.4, -0.2) is 30.0 Å². The highest BCUT2D eigenvalue weighted by Gasteiger charge is 2.42. The monoisotopic (exact) mass is 376 g/mol. The third-order valence-electron chi connectivity index (χ3n) is 3.69. The van der Waals surface area contributed by atoms with Crippen LogP contribution in [0.4, 0.5) is 0 Å². The minimum Gasteiger partial charge on any atom is -0.480 e. The highest BCUT2D eigenvalue weighted by atomic mass is 79.9. The van der Waals surface area contributed by atoms with Crippen molar-refractivity contribution >= 4 is 31.9 Å². The topological polar surface area (TPSA) is 96.4 Å². The molecule has 1 aliphatic carbocycles. The Kier molecular flexibility index (Phi) is 5.00. The summed E-state index contributed by atoms with van der Waals surface area (Å²) in [6.07, 6.45) is 6.55. The number of carbonyl (C=O) groups is 1. The molecule has 0 radical (unpaired) electrons. The standard InChI is InChI=1S/C13H17BrN2O4S/c14-10-7-11(9-15-8-10)21(19,20)16-13(12(17)18)5-3-1-2-4-6-13/h7-9,16H,1-6H2,(H,17,18). The molecule has 2 rings (SSSR count). The maximum Gasteiger partial charge on any atom is 0.324 e. The Bertz CT molecular complexity index is 625. The van der Waals surface area contributed by atoms with E-state index in [2.05, 4.69) is 25.6 Å². The van der Waals surface area contributed by atoms with Gasteiger partial charge in [-0.1, -0.05) is 25.7 Å². The van der Waals surface area contributed by atoms with E-state index in [4.69, 9.17) is 0 Å².